The maximum atomic E-state index is 10.9. The number of carbonyl (C=O) groups is 1. The molecule has 0 aromatic rings. The summed E-state index contributed by atoms with van der Waals surface area (Å²) in [6, 6.07) is 0. The largest absolute Gasteiger partial charge is 0.459 e. The maximum Gasteiger partial charge on any atom is 0.306 e. The van der Waals surface area contributed by atoms with Crippen LogP contribution in [-0.4, -0.2) is 11.6 Å². The molecule has 2 nitrogen and oxygen atoms in total. The van der Waals surface area contributed by atoms with Gasteiger partial charge in [0, 0.05) is 6.42 Å². The highest BCUT2D eigenvalue weighted by Crippen LogP contribution is 2.19. The summed E-state index contributed by atoms with van der Waals surface area (Å²) in [7, 11) is 0. The van der Waals surface area contributed by atoms with E-state index in [1.807, 2.05) is 27.7 Å². The fourth-order valence-corrected chi connectivity index (χ4v) is 0.741. The smallest absolute Gasteiger partial charge is 0.306 e. The first-order valence-electron chi connectivity index (χ1n) is 4.29. The third-order valence-corrected chi connectivity index (χ3v) is 2.14. The van der Waals surface area contributed by atoms with E-state index >= 15 is 0 Å². The number of rotatable bonds is 4. The molecule has 0 bridgehead atoms. The Labute approximate surface area is 68.9 Å². The monoisotopic (exact) mass is 158 g/mol. The van der Waals surface area contributed by atoms with Gasteiger partial charge in [0.05, 0.1) is 0 Å². The van der Waals surface area contributed by atoms with Crippen molar-refractivity contribution in [2.75, 3.05) is 0 Å². The van der Waals surface area contributed by atoms with E-state index in [0.29, 0.717) is 6.42 Å². The highest BCUT2D eigenvalue weighted by atomic mass is 16.6. The predicted molar refractivity (Wildman–Crippen MR) is 45.4 cm³/mol. The van der Waals surface area contributed by atoms with Crippen molar-refractivity contribution in [3.63, 3.8) is 0 Å². The van der Waals surface area contributed by atoms with E-state index < -0.39 is 0 Å². The molecule has 0 unspecified atom stereocenters. The average molecular weight is 158 g/mol. The third kappa shape index (κ3) is 3.40. The van der Waals surface area contributed by atoms with Gasteiger partial charge in [-0.2, -0.15) is 0 Å². The van der Waals surface area contributed by atoms with Gasteiger partial charge in [-0.25, -0.2) is 0 Å². The van der Waals surface area contributed by atoms with Gasteiger partial charge in [-0.15, -0.1) is 0 Å². The van der Waals surface area contributed by atoms with Crippen molar-refractivity contribution in [2.45, 2.75) is 52.6 Å². The van der Waals surface area contributed by atoms with Gasteiger partial charge in [0.25, 0.3) is 0 Å². The van der Waals surface area contributed by atoms with Crippen LogP contribution in [0.4, 0.5) is 0 Å². The van der Waals surface area contributed by atoms with Crippen LogP contribution in [0.25, 0.3) is 0 Å². The van der Waals surface area contributed by atoms with E-state index in [-0.39, 0.29) is 11.6 Å². The molecule has 0 aliphatic rings. The van der Waals surface area contributed by atoms with Crippen molar-refractivity contribution in [1.29, 1.82) is 0 Å². The highest BCUT2D eigenvalue weighted by Gasteiger charge is 2.23. The molecule has 11 heavy (non-hydrogen) atoms. The molecule has 0 saturated heterocycles. The second-order valence-corrected chi connectivity index (χ2v) is 2.98. The van der Waals surface area contributed by atoms with Gasteiger partial charge < -0.3 is 4.74 Å². The Morgan fingerprint density at radius 2 is 1.73 bits per heavy atom. The highest BCUT2D eigenvalue weighted by molar-refractivity contribution is 5.69. The molecule has 0 saturated carbocycles. The molecule has 0 spiro atoms. The molecule has 0 aromatic carbocycles. The zero-order chi connectivity index (χ0) is 8.91. The van der Waals surface area contributed by atoms with Crippen LogP contribution in [-0.2, 0) is 9.53 Å². The van der Waals surface area contributed by atoms with Gasteiger partial charge >= 0.3 is 5.97 Å². The van der Waals surface area contributed by atoms with E-state index in [1.165, 1.54) is 0 Å². The molecule has 0 aliphatic carbocycles. The molecule has 0 rings (SSSR count). The van der Waals surface area contributed by atoms with Crippen molar-refractivity contribution in [1.82, 2.24) is 0 Å². The minimum Gasteiger partial charge on any atom is -0.459 e. The minimum atomic E-state index is -0.243. The summed E-state index contributed by atoms with van der Waals surface area (Å²) >= 11 is 0. The summed E-state index contributed by atoms with van der Waals surface area (Å²) in [5.74, 6) is -0.101. The normalized spacial score (nSPS) is 11.3. The van der Waals surface area contributed by atoms with Crippen LogP contribution in [0.2, 0.25) is 0 Å². The molecule has 0 radical (unpaired) electrons. The van der Waals surface area contributed by atoms with E-state index in [1.54, 1.807) is 0 Å². The number of carbonyl (C=O) groups excluding carboxylic acids is 1. The SMILES string of the molecule is CCC(=O)OC(C)(CC)CC. The number of ether oxygens (including phenoxy) is 1. The van der Waals surface area contributed by atoms with Gasteiger partial charge in [-0.1, -0.05) is 20.8 Å². The van der Waals surface area contributed by atoms with Crippen molar-refractivity contribution < 1.29 is 9.53 Å². The van der Waals surface area contributed by atoms with Crippen LogP contribution < -0.4 is 0 Å². The molecule has 66 valence electrons. The van der Waals surface area contributed by atoms with Crippen LogP contribution >= 0.6 is 0 Å². The standard InChI is InChI=1S/C9H18O2/c1-5-8(10)11-9(4,6-2)7-3/h5-7H2,1-4H3. The first-order valence-corrected chi connectivity index (χ1v) is 4.29. The van der Waals surface area contributed by atoms with Gasteiger partial charge in [-0.3, -0.25) is 4.79 Å². The fraction of sp³-hybridized carbons (Fsp3) is 0.889. The maximum absolute atomic E-state index is 10.9. The predicted octanol–water partition coefficient (Wildman–Crippen LogP) is 2.52. The Balaban J connectivity index is 3.96. The van der Waals surface area contributed by atoms with E-state index in [0.717, 1.165) is 12.8 Å². The lowest BCUT2D eigenvalue weighted by Gasteiger charge is -2.26. The number of hydrogen-bond donors (Lipinski definition) is 0. The molecule has 0 atom stereocenters. The third-order valence-electron chi connectivity index (χ3n) is 2.14. The van der Waals surface area contributed by atoms with Gasteiger partial charge in [-0.05, 0) is 19.8 Å². The van der Waals surface area contributed by atoms with Crippen LogP contribution in [0.1, 0.15) is 47.0 Å². The Bertz CT molecular complexity index is 126. The van der Waals surface area contributed by atoms with Crippen LogP contribution in [0.5, 0.6) is 0 Å². The van der Waals surface area contributed by atoms with Crippen LogP contribution in [0.3, 0.4) is 0 Å². The van der Waals surface area contributed by atoms with Crippen molar-refractivity contribution in [3.05, 3.63) is 0 Å². The fourth-order valence-electron chi connectivity index (χ4n) is 0.741. The minimum absolute atomic E-state index is 0.101. The molecule has 0 fully saturated rings. The van der Waals surface area contributed by atoms with Crippen LogP contribution in [0.15, 0.2) is 0 Å². The summed E-state index contributed by atoms with van der Waals surface area (Å²) in [6.07, 6.45) is 2.24. The lowest BCUT2D eigenvalue weighted by Crippen LogP contribution is -2.29. The molecule has 0 N–H and O–H groups in total. The first-order chi connectivity index (χ1) is 5.08. The van der Waals surface area contributed by atoms with Crippen molar-refractivity contribution >= 4 is 5.97 Å². The number of hydrogen-bond acceptors (Lipinski definition) is 2. The Morgan fingerprint density at radius 1 is 1.27 bits per heavy atom. The molecule has 0 amide bonds. The zero-order valence-corrected chi connectivity index (χ0v) is 7.94. The van der Waals surface area contributed by atoms with E-state index in [4.69, 9.17) is 4.74 Å². The Kier molecular flexibility index (Phi) is 4.16. The quantitative estimate of drug-likeness (QED) is 0.588. The molecule has 2 heteroatoms. The van der Waals surface area contributed by atoms with E-state index in [9.17, 15) is 4.79 Å². The van der Waals surface area contributed by atoms with E-state index in [2.05, 4.69) is 0 Å². The molecule has 0 aliphatic heterocycles. The molecular weight excluding hydrogens is 140 g/mol. The lowest BCUT2D eigenvalue weighted by molar-refractivity contribution is -0.158. The lowest BCUT2D eigenvalue weighted by atomic mass is 10.0. The average Bonchev–Trinajstić information content (AvgIpc) is 2.04. The summed E-state index contributed by atoms with van der Waals surface area (Å²) in [5, 5.41) is 0. The molecular formula is C9H18O2. The Morgan fingerprint density at radius 3 is 2.00 bits per heavy atom. The van der Waals surface area contributed by atoms with Gasteiger partial charge in [0.15, 0.2) is 0 Å². The second-order valence-electron chi connectivity index (χ2n) is 2.98. The molecule has 0 heterocycles. The first kappa shape index (κ1) is 10.5. The second kappa shape index (κ2) is 4.37. The Hall–Kier alpha value is -0.530. The van der Waals surface area contributed by atoms with Crippen LogP contribution in [0, 0.1) is 0 Å². The summed E-state index contributed by atoms with van der Waals surface area (Å²) in [4.78, 5) is 10.9. The topological polar surface area (TPSA) is 26.3 Å². The zero-order valence-electron chi connectivity index (χ0n) is 7.94. The van der Waals surface area contributed by atoms with Gasteiger partial charge in [0.2, 0.25) is 0 Å². The summed E-state index contributed by atoms with van der Waals surface area (Å²) in [6.45, 7) is 7.85. The summed E-state index contributed by atoms with van der Waals surface area (Å²) in [5.41, 5.74) is -0.243. The summed E-state index contributed by atoms with van der Waals surface area (Å²) < 4.78 is 5.25. The van der Waals surface area contributed by atoms with Crippen molar-refractivity contribution in [2.24, 2.45) is 0 Å². The number of esters is 1. The molecule has 0 aromatic heterocycles. The van der Waals surface area contributed by atoms with Gasteiger partial charge in [0.1, 0.15) is 5.60 Å². The van der Waals surface area contributed by atoms with Crippen molar-refractivity contribution in [3.8, 4) is 0 Å².